The number of aliphatic carboxylic acids is 1. The molecule has 0 aromatic rings. The van der Waals surface area contributed by atoms with Crippen molar-refractivity contribution < 1.29 is 24.2 Å². The van der Waals surface area contributed by atoms with Crippen LogP contribution >= 0.6 is 0 Å². The van der Waals surface area contributed by atoms with E-state index in [2.05, 4.69) is 6.58 Å². The molecule has 2 fully saturated rings. The monoisotopic (exact) mass is 297 g/mol. The van der Waals surface area contributed by atoms with Crippen LogP contribution < -0.4 is 0 Å². The highest BCUT2D eigenvalue weighted by atomic mass is 16.6. The van der Waals surface area contributed by atoms with Gasteiger partial charge in [-0.15, -0.1) is 0 Å². The van der Waals surface area contributed by atoms with E-state index >= 15 is 0 Å². The molecule has 0 saturated carbocycles. The molecule has 2 unspecified atom stereocenters. The number of amides is 1. The van der Waals surface area contributed by atoms with Gasteiger partial charge in [0.2, 0.25) is 0 Å². The Morgan fingerprint density at radius 2 is 2.05 bits per heavy atom. The van der Waals surface area contributed by atoms with E-state index in [1.54, 1.807) is 11.0 Å². The Hall–Kier alpha value is -1.56. The van der Waals surface area contributed by atoms with Crippen molar-refractivity contribution in [3.05, 3.63) is 12.7 Å². The van der Waals surface area contributed by atoms with E-state index in [0.717, 1.165) is 19.3 Å². The van der Waals surface area contributed by atoms with Crippen LogP contribution in [0, 0.1) is 17.8 Å². The number of hydrogen-bond donors (Lipinski definition) is 1. The number of nitrogens with zero attached hydrogens (tertiary/aromatic N) is 1. The number of ether oxygens (including phenoxy) is 2. The number of carboxylic acid groups (broad SMARTS) is 1. The molecule has 1 N–H and O–H groups in total. The van der Waals surface area contributed by atoms with Gasteiger partial charge in [0.25, 0.3) is 0 Å². The Morgan fingerprint density at radius 1 is 1.33 bits per heavy atom. The Bertz CT molecular complexity index is 390. The number of rotatable bonds is 4. The maximum atomic E-state index is 11.8. The molecule has 6 heteroatoms. The number of carboxylic acids is 1. The molecule has 0 radical (unpaired) electrons. The fourth-order valence-electron chi connectivity index (χ4n) is 3.30. The molecule has 1 amide bonds. The molecule has 2 aliphatic rings. The van der Waals surface area contributed by atoms with Crippen molar-refractivity contribution in [1.29, 1.82) is 0 Å². The van der Waals surface area contributed by atoms with Crippen LogP contribution in [0.3, 0.4) is 0 Å². The lowest BCUT2D eigenvalue weighted by molar-refractivity contribution is -0.151. The van der Waals surface area contributed by atoms with Gasteiger partial charge in [-0.1, -0.05) is 12.7 Å². The molecule has 2 heterocycles. The van der Waals surface area contributed by atoms with E-state index in [-0.39, 0.29) is 18.6 Å². The summed E-state index contributed by atoms with van der Waals surface area (Å²) in [5, 5.41) is 9.30. The van der Waals surface area contributed by atoms with Crippen LogP contribution in [0.2, 0.25) is 0 Å². The third-order valence-electron chi connectivity index (χ3n) is 4.45. The van der Waals surface area contributed by atoms with Crippen molar-refractivity contribution in [1.82, 2.24) is 4.90 Å². The van der Waals surface area contributed by atoms with E-state index in [1.807, 2.05) is 0 Å². The third kappa shape index (κ3) is 3.97. The van der Waals surface area contributed by atoms with Crippen LogP contribution in [0.5, 0.6) is 0 Å². The van der Waals surface area contributed by atoms with Gasteiger partial charge >= 0.3 is 12.1 Å². The van der Waals surface area contributed by atoms with E-state index in [9.17, 15) is 14.7 Å². The standard InChI is InChI=1S/C15H23NO5/c1-2-8-21-15(19)16-6-3-11(4-7-16)12-5-9-20-10-13(12)14(17)18/h2,11-13H,1,3-10H2,(H,17,18). The molecule has 21 heavy (non-hydrogen) atoms. The zero-order valence-electron chi connectivity index (χ0n) is 12.2. The predicted molar refractivity (Wildman–Crippen MR) is 75.9 cm³/mol. The molecule has 118 valence electrons. The molecule has 0 spiro atoms. The highest BCUT2D eigenvalue weighted by Gasteiger charge is 2.38. The lowest BCUT2D eigenvalue weighted by Crippen LogP contribution is -2.44. The maximum Gasteiger partial charge on any atom is 0.410 e. The third-order valence-corrected chi connectivity index (χ3v) is 4.45. The van der Waals surface area contributed by atoms with Crippen LogP contribution in [0.4, 0.5) is 4.79 Å². The van der Waals surface area contributed by atoms with Crippen molar-refractivity contribution in [3.63, 3.8) is 0 Å². The zero-order valence-corrected chi connectivity index (χ0v) is 12.2. The van der Waals surface area contributed by atoms with Crippen molar-refractivity contribution in [2.75, 3.05) is 32.9 Å². The summed E-state index contributed by atoms with van der Waals surface area (Å²) in [6, 6.07) is 0. The average Bonchev–Trinajstić information content (AvgIpc) is 2.52. The highest BCUT2D eigenvalue weighted by molar-refractivity contribution is 5.70. The van der Waals surface area contributed by atoms with Gasteiger partial charge in [-0.25, -0.2) is 4.79 Å². The molecule has 6 nitrogen and oxygen atoms in total. The van der Waals surface area contributed by atoms with Gasteiger partial charge in [0.15, 0.2) is 0 Å². The summed E-state index contributed by atoms with van der Waals surface area (Å²) in [5.74, 6) is -0.684. The summed E-state index contributed by atoms with van der Waals surface area (Å²) in [6.07, 6.45) is 3.69. The quantitative estimate of drug-likeness (QED) is 0.800. The van der Waals surface area contributed by atoms with Gasteiger partial charge in [0, 0.05) is 19.7 Å². The second-order valence-electron chi connectivity index (χ2n) is 5.66. The summed E-state index contributed by atoms with van der Waals surface area (Å²) in [5.41, 5.74) is 0. The first-order valence-electron chi connectivity index (χ1n) is 7.46. The van der Waals surface area contributed by atoms with E-state index in [4.69, 9.17) is 9.47 Å². The minimum Gasteiger partial charge on any atom is -0.481 e. The number of likely N-dealkylation sites (tertiary alicyclic amines) is 1. The van der Waals surface area contributed by atoms with Gasteiger partial charge in [-0.3, -0.25) is 4.79 Å². The van der Waals surface area contributed by atoms with Gasteiger partial charge in [0.05, 0.1) is 12.5 Å². The fraction of sp³-hybridized carbons (Fsp3) is 0.733. The first kappa shape index (κ1) is 15.8. The van der Waals surface area contributed by atoms with Gasteiger partial charge in [-0.05, 0) is 31.1 Å². The molecule has 0 aromatic carbocycles. The minimum atomic E-state index is -0.771. The Balaban J connectivity index is 1.86. The highest BCUT2D eigenvalue weighted by Crippen LogP contribution is 2.35. The van der Waals surface area contributed by atoms with Crippen LogP contribution in [0.15, 0.2) is 12.7 Å². The molecule has 0 aromatic heterocycles. The molecule has 2 aliphatic heterocycles. The fourth-order valence-corrected chi connectivity index (χ4v) is 3.30. The Morgan fingerprint density at radius 3 is 2.67 bits per heavy atom. The van der Waals surface area contributed by atoms with E-state index < -0.39 is 11.9 Å². The molecule has 2 saturated heterocycles. The summed E-state index contributed by atoms with van der Waals surface area (Å²) in [4.78, 5) is 24.8. The van der Waals surface area contributed by atoms with Crippen molar-refractivity contribution in [2.24, 2.45) is 17.8 Å². The first-order chi connectivity index (χ1) is 10.1. The average molecular weight is 297 g/mol. The number of piperidine rings is 1. The minimum absolute atomic E-state index is 0.155. The predicted octanol–water partition coefficient (Wildman–Crippen LogP) is 1.76. The van der Waals surface area contributed by atoms with Crippen LogP contribution in [-0.4, -0.2) is 55.0 Å². The molecule has 0 aliphatic carbocycles. The van der Waals surface area contributed by atoms with Crippen molar-refractivity contribution >= 4 is 12.1 Å². The summed E-state index contributed by atoms with van der Waals surface area (Å²) in [7, 11) is 0. The zero-order chi connectivity index (χ0) is 15.2. The van der Waals surface area contributed by atoms with Gasteiger partial charge in [-0.2, -0.15) is 0 Å². The Labute approximate surface area is 124 Å². The summed E-state index contributed by atoms with van der Waals surface area (Å²) >= 11 is 0. The van der Waals surface area contributed by atoms with Crippen molar-refractivity contribution in [2.45, 2.75) is 19.3 Å². The van der Waals surface area contributed by atoms with Gasteiger partial charge in [0.1, 0.15) is 6.61 Å². The summed E-state index contributed by atoms with van der Waals surface area (Å²) < 4.78 is 10.3. The van der Waals surface area contributed by atoms with Crippen LogP contribution in [0.25, 0.3) is 0 Å². The molecule has 2 rings (SSSR count). The first-order valence-corrected chi connectivity index (χ1v) is 7.46. The SMILES string of the molecule is C=CCOC(=O)N1CCC(C2CCOCC2C(=O)O)CC1. The molecule has 0 bridgehead atoms. The van der Waals surface area contributed by atoms with E-state index in [0.29, 0.717) is 32.2 Å². The maximum absolute atomic E-state index is 11.8. The summed E-state index contributed by atoms with van der Waals surface area (Å²) in [6.45, 7) is 5.94. The van der Waals surface area contributed by atoms with Crippen LogP contribution in [0.1, 0.15) is 19.3 Å². The second-order valence-corrected chi connectivity index (χ2v) is 5.66. The lowest BCUT2D eigenvalue weighted by Gasteiger charge is -2.39. The normalized spacial score (nSPS) is 27.1. The number of carbonyl (C=O) groups excluding carboxylic acids is 1. The molecular weight excluding hydrogens is 274 g/mol. The Kier molecular flexibility index (Phi) is 5.61. The topological polar surface area (TPSA) is 76.1 Å². The largest absolute Gasteiger partial charge is 0.481 e. The van der Waals surface area contributed by atoms with E-state index in [1.165, 1.54) is 0 Å². The molecular formula is C15H23NO5. The van der Waals surface area contributed by atoms with Crippen LogP contribution in [-0.2, 0) is 14.3 Å². The number of hydrogen-bond acceptors (Lipinski definition) is 4. The lowest BCUT2D eigenvalue weighted by atomic mass is 9.74. The second kappa shape index (κ2) is 7.45. The molecule has 2 atom stereocenters. The van der Waals surface area contributed by atoms with Gasteiger partial charge < -0.3 is 19.5 Å². The van der Waals surface area contributed by atoms with Crippen molar-refractivity contribution in [3.8, 4) is 0 Å². The number of carbonyl (C=O) groups is 2. The smallest absolute Gasteiger partial charge is 0.410 e.